The van der Waals surface area contributed by atoms with Gasteiger partial charge in [0.1, 0.15) is 18.0 Å². The fourth-order valence-electron chi connectivity index (χ4n) is 2.79. The number of pyridine rings is 1. The van der Waals surface area contributed by atoms with Crippen molar-refractivity contribution < 1.29 is 9.53 Å². The van der Waals surface area contributed by atoms with Crippen molar-refractivity contribution in [2.75, 3.05) is 31.6 Å². The topological polar surface area (TPSA) is 177 Å². The van der Waals surface area contributed by atoms with Crippen LogP contribution in [0.5, 0.6) is 5.75 Å². The zero-order chi connectivity index (χ0) is 18.9. The molecule has 1 fully saturated rings. The second kappa shape index (κ2) is 10.0. The van der Waals surface area contributed by atoms with Crippen LogP contribution in [0.2, 0.25) is 0 Å². The molecule has 1 unspecified atom stereocenters. The predicted octanol–water partition coefficient (Wildman–Crippen LogP) is -1.73. The minimum absolute atomic E-state index is 0.184. The van der Waals surface area contributed by atoms with Crippen molar-refractivity contribution in [3.63, 3.8) is 0 Å². The molecule has 1 aliphatic rings. The normalized spacial score (nSPS) is 21.0. The van der Waals surface area contributed by atoms with Crippen LogP contribution in [-0.2, 0) is 4.79 Å². The van der Waals surface area contributed by atoms with Gasteiger partial charge in [-0.2, -0.15) is 5.26 Å². The van der Waals surface area contributed by atoms with Gasteiger partial charge in [-0.1, -0.05) is 0 Å². The molecule has 1 atom stereocenters. The Labute approximate surface area is 152 Å². The number of nitrogens with zero attached hydrogens (tertiary/aromatic N) is 2. The first kappa shape index (κ1) is 20.0. The smallest absolute Gasteiger partial charge is 0.233 e. The predicted molar refractivity (Wildman–Crippen MR) is 96.6 cm³/mol. The Hall–Kier alpha value is -2.29. The number of amides is 1. The van der Waals surface area contributed by atoms with E-state index in [0.29, 0.717) is 44.1 Å². The van der Waals surface area contributed by atoms with Gasteiger partial charge in [-0.05, 0) is 5.92 Å². The summed E-state index contributed by atoms with van der Waals surface area (Å²) in [6.07, 6.45) is 2.23. The number of carbonyl (C=O) groups excluding carboxylic acids is 1. The van der Waals surface area contributed by atoms with Crippen molar-refractivity contribution in [1.29, 1.82) is 5.26 Å². The zero-order valence-corrected chi connectivity index (χ0v) is 14.5. The molecule has 1 saturated heterocycles. The Morgan fingerprint density at radius 2 is 2.19 bits per heavy atom. The molecule has 1 amide bonds. The van der Waals surface area contributed by atoms with Gasteiger partial charge in [0.25, 0.3) is 0 Å². The van der Waals surface area contributed by atoms with Crippen molar-refractivity contribution in [2.24, 2.45) is 29.0 Å². The van der Waals surface area contributed by atoms with E-state index >= 15 is 0 Å². The Kier molecular flexibility index (Phi) is 7.71. The number of ether oxygens (including phenoxy) is 1. The first-order valence-electron chi connectivity index (χ1n) is 8.49. The van der Waals surface area contributed by atoms with E-state index < -0.39 is 18.2 Å². The molecular weight excluding hydrogens is 336 g/mol. The zero-order valence-electron chi connectivity index (χ0n) is 14.5. The molecule has 0 aliphatic carbocycles. The van der Waals surface area contributed by atoms with Gasteiger partial charge >= 0.3 is 0 Å². The second-order valence-corrected chi connectivity index (χ2v) is 6.12. The Morgan fingerprint density at radius 3 is 2.81 bits per heavy atom. The second-order valence-electron chi connectivity index (χ2n) is 6.12. The molecule has 0 aromatic carbocycles. The van der Waals surface area contributed by atoms with Crippen LogP contribution in [0.15, 0.2) is 18.5 Å². The molecule has 0 spiro atoms. The number of hydrogen-bond acceptors (Lipinski definition) is 9. The van der Waals surface area contributed by atoms with Gasteiger partial charge in [0.2, 0.25) is 5.91 Å². The lowest BCUT2D eigenvalue weighted by molar-refractivity contribution is -0.122. The molecule has 1 aromatic heterocycles. The number of rotatable bonds is 8. The van der Waals surface area contributed by atoms with E-state index in [4.69, 9.17) is 27.2 Å². The number of carbonyl (C=O) groups is 1. The molecule has 1 aliphatic heterocycles. The van der Waals surface area contributed by atoms with Gasteiger partial charge in [-0.3, -0.25) is 9.78 Å². The number of hydrogen-bond donors (Lipinski definition) is 6. The highest BCUT2D eigenvalue weighted by Gasteiger charge is 2.35. The van der Waals surface area contributed by atoms with Crippen molar-refractivity contribution in [3.05, 3.63) is 18.5 Å². The fraction of sp³-hybridized carbons (Fsp3) is 0.562. The lowest BCUT2D eigenvalue weighted by Gasteiger charge is -2.36. The number of nitrogens with one attached hydrogen (secondary N) is 3. The molecule has 0 radical (unpaired) electrons. The summed E-state index contributed by atoms with van der Waals surface area (Å²) in [4.78, 5) is 16.8. The van der Waals surface area contributed by atoms with Crippen molar-refractivity contribution >= 4 is 11.6 Å². The molecule has 10 nitrogen and oxygen atoms in total. The summed E-state index contributed by atoms with van der Waals surface area (Å²) in [6, 6.07) is 3.79. The molecule has 142 valence electrons. The molecule has 0 bridgehead atoms. The summed E-state index contributed by atoms with van der Waals surface area (Å²) in [5.74, 6) is -0.416. The summed E-state index contributed by atoms with van der Waals surface area (Å²) in [5.41, 5.74) is 17.6. The minimum atomic E-state index is -0.877. The van der Waals surface area contributed by atoms with E-state index in [1.165, 1.54) is 6.20 Å². The summed E-state index contributed by atoms with van der Waals surface area (Å²) >= 11 is 0. The molecule has 0 saturated carbocycles. The Balaban J connectivity index is 2.05. The standard InChI is InChI=1S/C16H26N8O2/c17-3-1-10-7-22-15(23-8-10)13(14(19)20)16(25)24-11-9-21-5-2-12(11)26-6-4-18/h2,5,9-10,13-15,22-23H,1,4,6-8,18-20H2,(H,24,25). The maximum absolute atomic E-state index is 12.8. The average molecular weight is 362 g/mol. The van der Waals surface area contributed by atoms with Crippen LogP contribution in [0, 0.1) is 23.2 Å². The number of aromatic nitrogens is 1. The first-order valence-corrected chi connectivity index (χ1v) is 8.49. The summed E-state index contributed by atoms with van der Waals surface area (Å²) < 4.78 is 5.51. The van der Waals surface area contributed by atoms with E-state index in [9.17, 15) is 4.79 Å². The fourth-order valence-corrected chi connectivity index (χ4v) is 2.79. The lowest BCUT2D eigenvalue weighted by Crippen LogP contribution is -2.63. The molecule has 2 heterocycles. The number of nitrogens with two attached hydrogens (primary N) is 3. The number of nitriles is 1. The van der Waals surface area contributed by atoms with Gasteiger partial charge in [-0.25, -0.2) is 0 Å². The maximum Gasteiger partial charge on any atom is 0.233 e. The monoisotopic (exact) mass is 362 g/mol. The van der Waals surface area contributed by atoms with Crippen molar-refractivity contribution in [3.8, 4) is 11.8 Å². The van der Waals surface area contributed by atoms with Gasteiger partial charge in [0.05, 0.1) is 30.5 Å². The van der Waals surface area contributed by atoms with Crippen LogP contribution in [0.4, 0.5) is 5.69 Å². The third-order valence-electron chi connectivity index (χ3n) is 4.12. The third-order valence-corrected chi connectivity index (χ3v) is 4.12. The maximum atomic E-state index is 12.8. The summed E-state index contributed by atoms with van der Waals surface area (Å²) in [7, 11) is 0. The highest BCUT2D eigenvalue weighted by Crippen LogP contribution is 2.23. The average Bonchev–Trinajstić information content (AvgIpc) is 2.62. The van der Waals surface area contributed by atoms with Crippen LogP contribution >= 0.6 is 0 Å². The minimum Gasteiger partial charge on any atom is -0.490 e. The number of anilines is 1. The van der Waals surface area contributed by atoms with E-state index in [-0.39, 0.29) is 11.8 Å². The van der Waals surface area contributed by atoms with Gasteiger partial charge in [0.15, 0.2) is 0 Å². The van der Waals surface area contributed by atoms with E-state index in [1.807, 2.05) is 0 Å². The van der Waals surface area contributed by atoms with Crippen LogP contribution in [0.1, 0.15) is 6.42 Å². The summed E-state index contributed by atoms with van der Waals surface area (Å²) in [6.45, 7) is 1.89. The molecule has 2 rings (SSSR count). The highest BCUT2D eigenvalue weighted by atomic mass is 16.5. The molecule has 9 N–H and O–H groups in total. The van der Waals surface area contributed by atoms with E-state index in [2.05, 4.69) is 27.0 Å². The van der Waals surface area contributed by atoms with Gasteiger partial charge in [-0.15, -0.1) is 0 Å². The van der Waals surface area contributed by atoms with E-state index in [0.717, 1.165) is 0 Å². The third kappa shape index (κ3) is 5.35. The quantitative estimate of drug-likeness (QED) is 0.293. The van der Waals surface area contributed by atoms with E-state index in [1.54, 1.807) is 12.3 Å². The largest absolute Gasteiger partial charge is 0.490 e. The van der Waals surface area contributed by atoms with Crippen LogP contribution < -0.4 is 37.9 Å². The van der Waals surface area contributed by atoms with Crippen LogP contribution in [0.3, 0.4) is 0 Å². The van der Waals surface area contributed by atoms with Crippen LogP contribution in [0.25, 0.3) is 0 Å². The lowest BCUT2D eigenvalue weighted by atomic mass is 9.96. The Morgan fingerprint density at radius 1 is 1.46 bits per heavy atom. The van der Waals surface area contributed by atoms with Crippen molar-refractivity contribution in [2.45, 2.75) is 18.8 Å². The first-order chi connectivity index (χ1) is 12.6. The SMILES string of the molecule is N#CCC1CNC(C(C(=O)Nc2cnccc2OCCN)C(N)N)NC1. The molecule has 26 heavy (non-hydrogen) atoms. The Bertz CT molecular complexity index is 625. The van der Waals surface area contributed by atoms with Gasteiger partial charge < -0.3 is 37.9 Å². The summed E-state index contributed by atoms with van der Waals surface area (Å²) in [5, 5.41) is 18.0. The van der Waals surface area contributed by atoms with Gasteiger partial charge in [0, 0.05) is 38.3 Å². The highest BCUT2D eigenvalue weighted by molar-refractivity contribution is 5.94. The van der Waals surface area contributed by atoms with Crippen LogP contribution in [-0.4, -0.2) is 49.5 Å². The molecule has 1 aromatic rings. The van der Waals surface area contributed by atoms with Crippen molar-refractivity contribution in [1.82, 2.24) is 15.6 Å². The molecular formula is C16H26N8O2. The molecule has 10 heteroatoms.